The molecule has 1 saturated carbocycles. The van der Waals surface area contributed by atoms with Gasteiger partial charge >= 0.3 is 5.97 Å². The van der Waals surface area contributed by atoms with Crippen LogP contribution in [0, 0.1) is 17.8 Å². The maximum Gasteiger partial charge on any atom is 0.311 e. The molecule has 1 aliphatic carbocycles. The van der Waals surface area contributed by atoms with Crippen LogP contribution in [0.4, 0.5) is 0 Å². The van der Waals surface area contributed by atoms with Crippen molar-refractivity contribution < 1.29 is 19.4 Å². The lowest BCUT2D eigenvalue weighted by Gasteiger charge is -2.35. The number of ether oxygens (including phenoxy) is 1. The molecule has 0 bridgehead atoms. The van der Waals surface area contributed by atoms with Gasteiger partial charge in [-0.3, -0.25) is 9.59 Å². The summed E-state index contributed by atoms with van der Waals surface area (Å²) < 4.78 is 4.78. The lowest BCUT2D eigenvalue weighted by Crippen LogP contribution is -2.51. The van der Waals surface area contributed by atoms with Crippen molar-refractivity contribution in [2.24, 2.45) is 34.2 Å². The van der Waals surface area contributed by atoms with Crippen LogP contribution in [0.1, 0.15) is 40.0 Å². The number of aliphatic hydroxyl groups excluding tert-OH is 1. The second-order valence-electron chi connectivity index (χ2n) is 6.36. The van der Waals surface area contributed by atoms with Gasteiger partial charge in [0.1, 0.15) is 0 Å². The Morgan fingerprint density at radius 3 is 2.33 bits per heavy atom. The highest BCUT2D eigenvalue weighted by atomic mass is 16.5. The molecule has 1 aliphatic rings. The van der Waals surface area contributed by atoms with Gasteiger partial charge in [-0.05, 0) is 12.3 Å². The average Bonchev–Trinajstić information content (AvgIpc) is 2.82. The van der Waals surface area contributed by atoms with E-state index in [4.69, 9.17) is 16.2 Å². The van der Waals surface area contributed by atoms with E-state index in [9.17, 15) is 14.7 Å². The van der Waals surface area contributed by atoms with Crippen LogP contribution in [0.2, 0.25) is 0 Å². The van der Waals surface area contributed by atoms with Crippen LogP contribution in [0.15, 0.2) is 4.99 Å². The van der Waals surface area contributed by atoms with Crippen molar-refractivity contribution in [2.75, 3.05) is 7.11 Å². The van der Waals surface area contributed by atoms with Crippen molar-refractivity contribution in [1.29, 1.82) is 0 Å². The molecule has 138 valence electrons. The molecule has 0 aliphatic heterocycles. The Labute approximate surface area is 143 Å². The Hall–Kier alpha value is -1.83. The summed E-state index contributed by atoms with van der Waals surface area (Å²) in [4.78, 5) is 27.9. The third-order valence-corrected chi connectivity index (χ3v) is 4.91. The highest BCUT2D eigenvalue weighted by Crippen LogP contribution is 2.39. The van der Waals surface area contributed by atoms with Crippen molar-refractivity contribution >= 4 is 17.8 Å². The second-order valence-corrected chi connectivity index (χ2v) is 6.36. The van der Waals surface area contributed by atoms with E-state index in [1.54, 1.807) is 0 Å². The van der Waals surface area contributed by atoms with E-state index in [0.29, 0.717) is 0 Å². The number of hydrogen-bond acceptors (Lipinski definition) is 5. The molecule has 8 heteroatoms. The summed E-state index contributed by atoms with van der Waals surface area (Å²) in [5.41, 5.74) is 11.0. The van der Waals surface area contributed by atoms with Gasteiger partial charge in [0.15, 0.2) is 5.96 Å². The van der Waals surface area contributed by atoms with E-state index in [-0.39, 0.29) is 30.2 Å². The van der Waals surface area contributed by atoms with Gasteiger partial charge in [0.05, 0.1) is 25.2 Å². The molecule has 0 saturated heterocycles. The van der Waals surface area contributed by atoms with E-state index >= 15 is 0 Å². The highest BCUT2D eigenvalue weighted by Gasteiger charge is 2.51. The average molecular weight is 342 g/mol. The van der Waals surface area contributed by atoms with Crippen molar-refractivity contribution in [2.45, 2.75) is 58.2 Å². The third kappa shape index (κ3) is 4.59. The molecule has 0 aromatic heterocycles. The van der Waals surface area contributed by atoms with Crippen LogP contribution in [0.25, 0.3) is 0 Å². The predicted molar refractivity (Wildman–Crippen MR) is 90.9 cm³/mol. The standard InChI is InChI=1S/C16H30N4O4/c1-5-9(6-2)13(19-8(3)21)12-11(20-16(17)18)7-10(14(12)22)15(23)24-4/h9-14,22H,5-7H2,1-4H3,(H,19,21)(H4,17,18,20)/t10-,11+,12?,13?,14+/m0/s1. The highest BCUT2D eigenvalue weighted by molar-refractivity contribution is 5.77. The fourth-order valence-electron chi connectivity index (χ4n) is 3.78. The smallest absolute Gasteiger partial charge is 0.311 e. The van der Waals surface area contributed by atoms with E-state index in [0.717, 1.165) is 12.8 Å². The van der Waals surface area contributed by atoms with Gasteiger partial charge in [0, 0.05) is 18.9 Å². The molecule has 1 amide bonds. The zero-order valence-electron chi connectivity index (χ0n) is 14.9. The van der Waals surface area contributed by atoms with Crippen LogP contribution in [0.5, 0.6) is 0 Å². The van der Waals surface area contributed by atoms with E-state index in [1.807, 2.05) is 13.8 Å². The molecule has 24 heavy (non-hydrogen) atoms. The quantitative estimate of drug-likeness (QED) is 0.285. The number of amides is 1. The SMILES string of the molecule is CCC(CC)C(NC(C)=O)C1[C@H](N=C(N)N)C[C@H](C(=O)OC)[C@H]1O. The molecule has 0 heterocycles. The summed E-state index contributed by atoms with van der Waals surface area (Å²) in [7, 11) is 1.28. The maximum atomic E-state index is 12.0. The molecule has 8 nitrogen and oxygen atoms in total. The zero-order chi connectivity index (χ0) is 18.4. The fraction of sp³-hybridized carbons (Fsp3) is 0.812. The number of esters is 1. The summed E-state index contributed by atoms with van der Waals surface area (Å²) in [5.74, 6) is -1.81. The first kappa shape index (κ1) is 20.2. The number of methoxy groups -OCH3 is 1. The molecule has 0 radical (unpaired) electrons. The molecule has 0 spiro atoms. The van der Waals surface area contributed by atoms with Gasteiger partial charge in [-0.1, -0.05) is 26.7 Å². The van der Waals surface area contributed by atoms with Crippen LogP contribution < -0.4 is 16.8 Å². The third-order valence-electron chi connectivity index (χ3n) is 4.91. The lowest BCUT2D eigenvalue weighted by molar-refractivity contribution is -0.149. The van der Waals surface area contributed by atoms with E-state index in [2.05, 4.69) is 10.3 Å². The van der Waals surface area contributed by atoms with Gasteiger partial charge in [-0.2, -0.15) is 0 Å². The number of nitrogens with one attached hydrogen (secondary N) is 1. The Morgan fingerprint density at radius 1 is 1.33 bits per heavy atom. The molecular formula is C16H30N4O4. The fourth-order valence-corrected chi connectivity index (χ4v) is 3.78. The van der Waals surface area contributed by atoms with Crippen molar-refractivity contribution in [1.82, 2.24) is 5.32 Å². The minimum atomic E-state index is -0.983. The number of carbonyl (C=O) groups is 2. The normalized spacial score (nSPS) is 27.6. The summed E-state index contributed by atoms with van der Waals surface area (Å²) >= 11 is 0. The number of hydrogen-bond donors (Lipinski definition) is 4. The molecular weight excluding hydrogens is 312 g/mol. The minimum Gasteiger partial charge on any atom is -0.469 e. The van der Waals surface area contributed by atoms with Crippen LogP contribution in [0.3, 0.4) is 0 Å². The molecule has 1 rings (SSSR count). The van der Waals surface area contributed by atoms with Crippen LogP contribution in [-0.2, 0) is 14.3 Å². The molecule has 1 fully saturated rings. The Bertz CT molecular complexity index is 475. The van der Waals surface area contributed by atoms with Gasteiger partial charge in [0.2, 0.25) is 5.91 Å². The van der Waals surface area contributed by atoms with Crippen molar-refractivity contribution in [3.63, 3.8) is 0 Å². The Morgan fingerprint density at radius 2 is 1.92 bits per heavy atom. The monoisotopic (exact) mass is 342 g/mol. The van der Waals surface area contributed by atoms with E-state index < -0.39 is 30.0 Å². The lowest BCUT2D eigenvalue weighted by atomic mass is 9.80. The first-order chi connectivity index (χ1) is 11.3. The largest absolute Gasteiger partial charge is 0.469 e. The number of carbonyl (C=O) groups excluding carboxylic acids is 2. The van der Waals surface area contributed by atoms with Gasteiger partial charge in [-0.25, -0.2) is 4.99 Å². The first-order valence-corrected chi connectivity index (χ1v) is 8.38. The number of rotatable bonds is 7. The van der Waals surface area contributed by atoms with Crippen molar-refractivity contribution in [3.8, 4) is 0 Å². The summed E-state index contributed by atoms with van der Waals surface area (Å²) in [5, 5.41) is 13.7. The number of nitrogens with zero attached hydrogens (tertiary/aromatic N) is 1. The van der Waals surface area contributed by atoms with E-state index in [1.165, 1.54) is 14.0 Å². The van der Waals surface area contributed by atoms with Gasteiger partial charge in [0.25, 0.3) is 0 Å². The number of aliphatic imine (C=N–C) groups is 1. The summed E-state index contributed by atoms with van der Waals surface area (Å²) in [6.07, 6.45) is 0.944. The predicted octanol–water partition coefficient (Wildman–Crippen LogP) is -0.261. The molecule has 0 aromatic carbocycles. The molecule has 5 atom stereocenters. The molecule has 6 N–H and O–H groups in total. The number of aliphatic hydroxyl groups is 1. The van der Waals surface area contributed by atoms with Gasteiger partial charge in [-0.15, -0.1) is 0 Å². The van der Waals surface area contributed by atoms with Gasteiger partial charge < -0.3 is 26.6 Å². The number of guanidine groups is 1. The Kier molecular flexibility index (Phi) is 7.47. The zero-order valence-corrected chi connectivity index (χ0v) is 14.9. The van der Waals surface area contributed by atoms with Crippen LogP contribution >= 0.6 is 0 Å². The molecule has 0 aromatic rings. The maximum absolute atomic E-state index is 12.0. The van der Waals surface area contributed by atoms with Crippen LogP contribution in [-0.4, -0.2) is 48.2 Å². The first-order valence-electron chi connectivity index (χ1n) is 8.38. The summed E-state index contributed by atoms with van der Waals surface area (Å²) in [6, 6.07) is -0.776. The second kappa shape index (κ2) is 8.86. The number of nitrogens with two attached hydrogens (primary N) is 2. The summed E-state index contributed by atoms with van der Waals surface area (Å²) in [6.45, 7) is 5.49. The Balaban J connectivity index is 3.24. The minimum absolute atomic E-state index is 0.103. The topological polar surface area (TPSA) is 140 Å². The van der Waals surface area contributed by atoms with Crippen molar-refractivity contribution in [3.05, 3.63) is 0 Å². The molecule has 2 unspecified atom stereocenters.